The van der Waals surface area contributed by atoms with Crippen LogP contribution in [0.25, 0.3) is 0 Å². The van der Waals surface area contributed by atoms with Gasteiger partial charge in [0.15, 0.2) is 0 Å². The average Bonchev–Trinajstić information content (AvgIpc) is 2.69. The number of hydrogen-bond donors (Lipinski definition) is 2. The highest BCUT2D eigenvalue weighted by Gasteiger charge is 2.36. The van der Waals surface area contributed by atoms with Gasteiger partial charge < -0.3 is 16.0 Å². The van der Waals surface area contributed by atoms with E-state index in [1.54, 1.807) is 6.07 Å². The molecule has 0 aromatic carbocycles. The van der Waals surface area contributed by atoms with Crippen LogP contribution in [0.4, 0.5) is 5.82 Å². The molecular weight excluding hydrogens is 340 g/mol. The molecule has 1 atom stereocenters. The Hall–Kier alpha value is -1.95. The molecule has 3 rings (SSSR count). The van der Waals surface area contributed by atoms with Gasteiger partial charge in [-0.3, -0.25) is 9.59 Å². The topological polar surface area (TPSA) is 88.3 Å². The lowest BCUT2D eigenvalue weighted by atomic mass is 9.71. The molecule has 2 amide bonds. The molecule has 0 spiro atoms. The van der Waals surface area contributed by atoms with Gasteiger partial charge in [0.2, 0.25) is 11.8 Å². The molecule has 2 heterocycles. The number of hydrogen-bond acceptors (Lipinski definition) is 4. The Labute approximate surface area is 161 Å². The molecule has 0 radical (unpaired) electrons. The van der Waals surface area contributed by atoms with Crippen molar-refractivity contribution < 1.29 is 9.59 Å². The van der Waals surface area contributed by atoms with Gasteiger partial charge in [-0.05, 0) is 56.7 Å². The lowest BCUT2D eigenvalue weighted by Crippen LogP contribution is -2.46. The smallest absolute Gasteiger partial charge is 0.230 e. The second kappa shape index (κ2) is 8.83. The number of rotatable bonds is 5. The second-order valence-corrected chi connectivity index (χ2v) is 8.27. The number of carbonyl (C=O) groups excluding carboxylic acids is 2. The van der Waals surface area contributed by atoms with Gasteiger partial charge >= 0.3 is 0 Å². The van der Waals surface area contributed by atoms with Gasteiger partial charge in [-0.2, -0.15) is 0 Å². The van der Waals surface area contributed by atoms with Gasteiger partial charge in [-0.25, -0.2) is 4.98 Å². The van der Waals surface area contributed by atoms with Gasteiger partial charge in [0.05, 0.1) is 5.92 Å². The monoisotopic (exact) mass is 372 g/mol. The zero-order chi connectivity index (χ0) is 19.3. The molecule has 2 aliphatic rings. The van der Waals surface area contributed by atoms with Crippen LogP contribution in [0.1, 0.15) is 57.1 Å². The largest absolute Gasteiger partial charge is 0.342 e. The summed E-state index contributed by atoms with van der Waals surface area (Å²) >= 11 is 0. The summed E-state index contributed by atoms with van der Waals surface area (Å²) in [5.74, 6) is 0.517. The van der Waals surface area contributed by atoms with E-state index >= 15 is 0 Å². The maximum absolute atomic E-state index is 12.9. The third-order valence-electron chi connectivity index (χ3n) is 6.16. The van der Waals surface area contributed by atoms with Crippen molar-refractivity contribution in [2.45, 2.75) is 58.3 Å². The Balaban J connectivity index is 1.58. The van der Waals surface area contributed by atoms with E-state index in [2.05, 4.69) is 10.3 Å². The normalized spacial score (nSPS) is 22.3. The summed E-state index contributed by atoms with van der Waals surface area (Å²) in [6.45, 7) is 3.72. The first-order chi connectivity index (χ1) is 13.0. The fourth-order valence-electron chi connectivity index (χ4n) is 4.45. The molecule has 2 fully saturated rings. The van der Waals surface area contributed by atoms with Gasteiger partial charge in [0.1, 0.15) is 5.82 Å². The third-order valence-corrected chi connectivity index (χ3v) is 6.16. The van der Waals surface area contributed by atoms with Crippen LogP contribution in [0.5, 0.6) is 0 Å². The number of piperidine rings is 1. The molecule has 1 unspecified atom stereocenters. The number of anilines is 1. The highest BCUT2D eigenvalue weighted by Crippen LogP contribution is 2.39. The molecule has 1 saturated heterocycles. The van der Waals surface area contributed by atoms with Crippen LogP contribution < -0.4 is 11.1 Å². The fourth-order valence-corrected chi connectivity index (χ4v) is 4.45. The van der Waals surface area contributed by atoms with E-state index in [1.165, 1.54) is 19.3 Å². The van der Waals surface area contributed by atoms with Crippen molar-refractivity contribution >= 4 is 17.6 Å². The van der Waals surface area contributed by atoms with Gasteiger partial charge in [-0.15, -0.1) is 0 Å². The van der Waals surface area contributed by atoms with E-state index in [-0.39, 0.29) is 23.1 Å². The maximum Gasteiger partial charge on any atom is 0.230 e. The number of carbonyl (C=O) groups is 2. The van der Waals surface area contributed by atoms with Crippen LogP contribution in [0, 0.1) is 18.3 Å². The first-order valence-electron chi connectivity index (χ1n) is 10.2. The summed E-state index contributed by atoms with van der Waals surface area (Å²) < 4.78 is 0. The summed E-state index contributed by atoms with van der Waals surface area (Å²) in [5.41, 5.74) is 6.88. The lowest BCUT2D eigenvalue weighted by molar-refractivity contribution is -0.137. The molecule has 0 bridgehead atoms. The molecule has 148 valence electrons. The van der Waals surface area contributed by atoms with Crippen molar-refractivity contribution in [3.63, 3.8) is 0 Å². The van der Waals surface area contributed by atoms with Crippen LogP contribution in [0.3, 0.4) is 0 Å². The van der Waals surface area contributed by atoms with Crippen molar-refractivity contribution in [1.29, 1.82) is 0 Å². The molecule has 6 heteroatoms. The predicted molar refractivity (Wildman–Crippen MR) is 106 cm³/mol. The lowest BCUT2D eigenvalue weighted by Gasteiger charge is -2.39. The first-order valence-corrected chi connectivity index (χ1v) is 10.2. The Bertz CT molecular complexity index is 670. The summed E-state index contributed by atoms with van der Waals surface area (Å²) in [6, 6.07) is 5.57. The van der Waals surface area contributed by atoms with E-state index in [0.29, 0.717) is 25.3 Å². The minimum atomic E-state index is -0.176. The number of nitrogens with one attached hydrogen (secondary N) is 1. The average molecular weight is 373 g/mol. The van der Waals surface area contributed by atoms with Crippen LogP contribution in [-0.2, 0) is 9.59 Å². The summed E-state index contributed by atoms with van der Waals surface area (Å²) in [5, 5.41) is 2.90. The van der Waals surface area contributed by atoms with Crippen LogP contribution in [0.2, 0.25) is 0 Å². The fraction of sp³-hybridized carbons (Fsp3) is 0.667. The zero-order valence-corrected chi connectivity index (χ0v) is 16.4. The molecular formula is C21H32N4O2. The second-order valence-electron chi connectivity index (χ2n) is 8.27. The Kier molecular flexibility index (Phi) is 6.47. The Morgan fingerprint density at radius 3 is 2.74 bits per heavy atom. The number of nitrogens with zero attached hydrogens (tertiary/aromatic N) is 2. The molecule has 27 heavy (non-hydrogen) atoms. The number of amides is 2. The Morgan fingerprint density at radius 2 is 2.04 bits per heavy atom. The number of aryl methyl sites for hydroxylation is 1. The van der Waals surface area contributed by atoms with Crippen LogP contribution >= 0.6 is 0 Å². The van der Waals surface area contributed by atoms with E-state index in [1.807, 2.05) is 24.0 Å². The molecule has 6 nitrogen and oxygen atoms in total. The predicted octanol–water partition coefficient (Wildman–Crippen LogP) is 2.87. The minimum Gasteiger partial charge on any atom is -0.342 e. The molecule has 1 aliphatic carbocycles. The van der Waals surface area contributed by atoms with E-state index < -0.39 is 0 Å². The van der Waals surface area contributed by atoms with Crippen molar-refractivity contribution in [2.75, 3.05) is 25.0 Å². The number of nitrogens with two attached hydrogens (primary N) is 1. The number of aromatic nitrogens is 1. The van der Waals surface area contributed by atoms with Crippen molar-refractivity contribution in [1.82, 2.24) is 9.88 Å². The van der Waals surface area contributed by atoms with Crippen LogP contribution in [-0.4, -0.2) is 41.3 Å². The molecule has 1 aromatic rings. The Morgan fingerprint density at radius 1 is 1.26 bits per heavy atom. The molecule has 1 aliphatic heterocycles. The number of pyridine rings is 1. The zero-order valence-electron chi connectivity index (χ0n) is 16.4. The van der Waals surface area contributed by atoms with E-state index in [4.69, 9.17) is 5.73 Å². The van der Waals surface area contributed by atoms with Crippen molar-refractivity contribution in [2.24, 2.45) is 17.1 Å². The van der Waals surface area contributed by atoms with Crippen molar-refractivity contribution in [3.05, 3.63) is 23.9 Å². The molecule has 3 N–H and O–H groups in total. The highest BCUT2D eigenvalue weighted by molar-refractivity contribution is 5.92. The number of likely N-dealkylation sites (tertiary alicyclic amines) is 1. The summed E-state index contributed by atoms with van der Waals surface area (Å²) in [4.78, 5) is 31.8. The highest BCUT2D eigenvalue weighted by atomic mass is 16.2. The van der Waals surface area contributed by atoms with Crippen LogP contribution in [0.15, 0.2) is 18.2 Å². The van der Waals surface area contributed by atoms with E-state index in [0.717, 1.165) is 37.9 Å². The van der Waals surface area contributed by atoms with Crippen molar-refractivity contribution in [3.8, 4) is 0 Å². The standard InChI is InChI=1S/C21H32N4O2/c1-16-7-5-9-18(23-16)24-20(27)17-8-6-12-25(14-17)19(26)13-21(15-22)10-3-2-4-11-21/h5,7,9,17H,2-4,6,8,10-15,22H2,1H3,(H,23,24,27). The summed E-state index contributed by atoms with van der Waals surface area (Å²) in [7, 11) is 0. The SMILES string of the molecule is Cc1cccc(NC(=O)C2CCCN(C(=O)CC3(CN)CCCCC3)C2)n1. The molecule has 1 saturated carbocycles. The van der Waals surface area contributed by atoms with E-state index in [9.17, 15) is 9.59 Å². The van der Waals surface area contributed by atoms with Gasteiger partial charge in [-0.1, -0.05) is 25.3 Å². The minimum absolute atomic E-state index is 0.0317. The summed E-state index contributed by atoms with van der Waals surface area (Å²) in [6.07, 6.45) is 7.87. The van der Waals surface area contributed by atoms with Gasteiger partial charge in [0, 0.05) is 25.2 Å². The maximum atomic E-state index is 12.9. The third kappa shape index (κ3) is 5.06. The van der Waals surface area contributed by atoms with Gasteiger partial charge in [0.25, 0.3) is 0 Å². The molecule has 1 aromatic heterocycles. The first kappa shape index (κ1) is 19.8. The quantitative estimate of drug-likeness (QED) is 0.832.